The molecule has 0 bridgehead atoms. The number of nitrogens with zero attached hydrogens (tertiary/aromatic N) is 3. The Morgan fingerprint density at radius 1 is 1.10 bits per heavy atom. The van der Waals surface area contributed by atoms with Gasteiger partial charge in [-0.3, -0.25) is 4.79 Å². The largest absolute Gasteiger partial charge is 0.471 e. The molecule has 1 atom stereocenters. The lowest BCUT2D eigenvalue weighted by Gasteiger charge is -2.26. The first-order chi connectivity index (χ1) is 15.0. The number of unbranched alkanes of at least 4 members (excludes halogenated alkanes) is 4. The van der Waals surface area contributed by atoms with E-state index in [1.807, 2.05) is 6.92 Å². The lowest BCUT2D eigenvalue weighted by atomic mass is 10.2. The second-order valence-corrected chi connectivity index (χ2v) is 8.06. The van der Waals surface area contributed by atoms with Crippen LogP contribution in [0.2, 0.25) is 0 Å². The van der Waals surface area contributed by atoms with Gasteiger partial charge in [-0.15, -0.1) is 0 Å². The minimum atomic E-state index is -0.311. The molecule has 0 aliphatic carbocycles. The molecule has 2 aromatic rings. The van der Waals surface area contributed by atoms with Crippen molar-refractivity contribution in [1.82, 2.24) is 20.0 Å². The van der Waals surface area contributed by atoms with Gasteiger partial charge < -0.3 is 15.0 Å². The van der Waals surface area contributed by atoms with E-state index in [9.17, 15) is 9.18 Å². The predicted octanol–water partition coefficient (Wildman–Crippen LogP) is 4.86. The van der Waals surface area contributed by atoms with Gasteiger partial charge in [0, 0.05) is 18.8 Å². The number of halogens is 1. The van der Waals surface area contributed by atoms with E-state index in [0.29, 0.717) is 11.4 Å². The Labute approximate surface area is 185 Å². The monoisotopic (exact) mass is 432 g/mol. The van der Waals surface area contributed by atoms with E-state index in [-0.39, 0.29) is 24.5 Å². The van der Waals surface area contributed by atoms with Crippen molar-refractivity contribution in [3.05, 3.63) is 48.0 Å². The average molecular weight is 433 g/mol. The SMILES string of the molecule is CCCCCN(CCCCC)CC(C)NC(=O)c1ccn(COc2ccc(F)cc2)n1. The quantitative estimate of drug-likeness (QED) is 0.408. The summed E-state index contributed by atoms with van der Waals surface area (Å²) >= 11 is 0. The van der Waals surface area contributed by atoms with Crippen molar-refractivity contribution in [2.75, 3.05) is 19.6 Å². The first kappa shape index (κ1) is 24.9. The van der Waals surface area contributed by atoms with Crippen LogP contribution in [0.4, 0.5) is 4.39 Å². The van der Waals surface area contributed by atoms with Crippen LogP contribution < -0.4 is 10.1 Å². The minimum absolute atomic E-state index is 0.0383. The number of benzene rings is 1. The highest BCUT2D eigenvalue weighted by atomic mass is 19.1. The number of aromatic nitrogens is 2. The fraction of sp³-hybridized carbons (Fsp3) is 0.583. The van der Waals surface area contributed by atoms with Gasteiger partial charge in [0.2, 0.25) is 0 Å². The number of hydrogen-bond donors (Lipinski definition) is 1. The van der Waals surface area contributed by atoms with Crippen LogP contribution in [0.15, 0.2) is 36.5 Å². The van der Waals surface area contributed by atoms with E-state index >= 15 is 0 Å². The third-order valence-corrected chi connectivity index (χ3v) is 5.12. The molecule has 0 saturated carbocycles. The van der Waals surface area contributed by atoms with E-state index in [1.165, 1.54) is 50.7 Å². The van der Waals surface area contributed by atoms with Gasteiger partial charge in [0.1, 0.15) is 17.3 Å². The summed E-state index contributed by atoms with van der Waals surface area (Å²) in [5.74, 6) is 0.0478. The number of nitrogens with one attached hydrogen (secondary N) is 1. The lowest BCUT2D eigenvalue weighted by Crippen LogP contribution is -2.42. The maximum Gasteiger partial charge on any atom is 0.272 e. The molecule has 2 rings (SSSR count). The first-order valence-electron chi connectivity index (χ1n) is 11.5. The van der Waals surface area contributed by atoms with E-state index in [0.717, 1.165) is 19.6 Å². The fourth-order valence-electron chi connectivity index (χ4n) is 3.42. The summed E-state index contributed by atoms with van der Waals surface area (Å²) in [5.41, 5.74) is 0.359. The number of rotatable bonds is 15. The zero-order valence-corrected chi connectivity index (χ0v) is 19.1. The topological polar surface area (TPSA) is 59.4 Å². The minimum Gasteiger partial charge on any atom is -0.471 e. The molecular formula is C24H37FN4O2. The van der Waals surface area contributed by atoms with Crippen molar-refractivity contribution in [3.63, 3.8) is 0 Å². The molecule has 0 radical (unpaired) electrons. The Morgan fingerprint density at radius 3 is 2.35 bits per heavy atom. The van der Waals surface area contributed by atoms with Gasteiger partial charge in [-0.2, -0.15) is 5.10 Å². The molecule has 1 amide bonds. The molecule has 0 fully saturated rings. The van der Waals surface area contributed by atoms with Crippen LogP contribution in [0.3, 0.4) is 0 Å². The van der Waals surface area contributed by atoms with Crippen LogP contribution in [0, 0.1) is 5.82 Å². The highest BCUT2D eigenvalue weighted by Gasteiger charge is 2.15. The Bertz CT molecular complexity index is 753. The molecule has 0 saturated heterocycles. The third-order valence-electron chi connectivity index (χ3n) is 5.12. The lowest BCUT2D eigenvalue weighted by molar-refractivity contribution is 0.0921. The molecule has 1 heterocycles. The predicted molar refractivity (Wildman–Crippen MR) is 122 cm³/mol. The second-order valence-electron chi connectivity index (χ2n) is 8.06. The summed E-state index contributed by atoms with van der Waals surface area (Å²) in [4.78, 5) is 15.1. The van der Waals surface area contributed by atoms with Crippen LogP contribution in [-0.2, 0) is 6.73 Å². The molecule has 1 aromatic heterocycles. The summed E-state index contributed by atoms with van der Waals surface area (Å²) < 4.78 is 20.1. The molecule has 0 aliphatic rings. The van der Waals surface area contributed by atoms with Crippen molar-refractivity contribution in [3.8, 4) is 5.75 Å². The number of carbonyl (C=O) groups excluding carboxylic acids is 1. The highest BCUT2D eigenvalue weighted by molar-refractivity contribution is 5.92. The summed E-state index contributed by atoms with van der Waals surface area (Å²) in [5, 5.41) is 7.35. The Hall–Kier alpha value is -2.41. The van der Waals surface area contributed by atoms with E-state index < -0.39 is 0 Å². The number of carbonyl (C=O) groups is 1. The van der Waals surface area contributed by atoms with Crippen LogP contribution in [-0.4, -0.2) is 46.3 Å². The van der Waals surface area contributed by atoms with Crippen LogP contribution in [0.1, 0.15) is 69.8 Å². The smallest absolute Gasteiger partial charge is 0.272 e. The molecule has 1 aromatic carbocycles. The van der Waals surface area contributed by atoms with Crippen molar-refractivity contribution in [1.29, 1.82) is 0 Å². The van der Waals surface area contributed by atoms with Crippen LogP contribution in [0.5, 0.6) is 5.75 Å². The van der Waals surface area contributed by atoms with Gasteiger partial charge in [-0.05, 0) is 63.2 Å². The Balaban J connectivity index is 1.81. The third kappa shape index (κ3) is 9.51. The molecule has 1 unspecified atom stereocenters. The number of hydrogen-bond acceptors (Lipinski definition) is 4. The normalized spacial score (nSPS) is 12.2. The molecule has 6 nitrogen and oxygen atoms in total. The van der Waals surface area contributed by atoms with Crippen LogP contribution >= 0.6 is 0 Å². The average Bonchev–Trinajstić information content (AvgIpc) is 3.23. The number of amides is 1. The van der Waals surface area contributed by atoms with E-state index in [2.05, 4.69) is 29.2 Å². The van der Waals surface area contributed by atoms with Crippen LogP contribution in [0.25, 0.3) is 0 Å². The van der Waals surface area contributed by atoms with Gasteiger partial charge in [0.05, 0.1) is 0 Å². The van der Waals surface area contributed by atoms with Crippen molar-refractivity contribution in [2.24, 2.45) is 0 Å². The summed E-state index contributed by atoms with van der Waals surface area (Å²) in [6.07, 6.45) is 8.99. The molecular weight excluding hydrogens is 395 g/mol. The second kappa shape index (κ2) is 13.8. The summed E-state index contributed by atoms with van der Waals surface area (Å²) in [6.45, 7) is 9.62. The van der Waals surface area contributed by atoms with E-state index in [4.69, 9.17) is 4.74 Å². The molecule has 0 aliphatic heterocycles. The summed E-state index contributed by atoms with van der Waals surface area (Å²) in [7, 11) is 0. The zero-order chi connectivity index (χ0) is 22.5. The Morgan fingerprint density at radius 2 is 1.74 bits per heavy atom. The molecule has 1 N–H and O–H groups in total. The van der Waals surface area contributed by atoms with E-state index in [1.54, 1.807) is 29.1 Å². The van der Waals surface area contributed by atoms with Gasteiger partial charge >= 0.3 is 0 Å². The first-order valence-corrected chi connectivity index (χ1v) is 11.5. The van der Waals surface area contributed by atoms with Crippen molar-refractivity contribution in [2.45, 2.75) is 72.1 Å². The number of ether oxygens (including phenoxy) is 1. The van der Waals surface area contributed by atoms with Gasteiger partial charge in [-0.25, -0.2) is 9.07 Å². The Kier molecular flexibility index (Phi) is 11.1. The van der Waals surface area contributed by atoms with Crippen molar-refractivity contribution < 1.29 is 13.9 Å². The van der Waals surface area contributed by atoms with Gasteiger partial charge in [0.25, 0.3) is 5.91 Å². The molecule has 7 heteroatoms. The van der Waals surface area contributed by atoms with Crippen molar-refractivity contribution >= 4 is 5.91 Å². The maximum atomic E-state index is 13.0. The fourth-order valence-corrected chi connectivity index (χ4v) is 3.42. The standard InChI is InChI=1S/C24H37FN4O2/c1-4-6-8-15-28(16-9-7-5-2)18-20(3)26-24(30)23-14-17-29(27-23)19-31-22-12-10-21(25)11-13-22/h10-14,17,20H,4-9,15-16,18-19H2,1-3H3,(H,26,30). The maximum absolute atomic E-state index is 13.0. The molecule has 172 valence electrons. The van der Waals surface area contributed by atoms with Gasteiger partial charge in [0.15, 0.2) is 6.73 Å². The molecule has 0 spiro atoms. The highest BCUT2D eigenvalue weighted by Crippen LogP contribution is 2.11. The zero-order valence-electron chi connectivity index (χ0n) is 19.1. The summed E-state index contributed by atoms with van der Waals surface area (Å²) in [6, 6.07) is 7.51. The molecule has 31 heavy (non-hydrogen) atoms. The van der Waals surface area contributed by atoms with Gasteiger partial charge in [-0.1, -0.05) is 39.5 Å².